The number of nitrogens with one attached hydrogen (secondary N) is 1. The molecular formula is C16H15BrN2O3. The Hall–Kier alpha value is -2.34. The number of anilines is 1. The van der Waals surface area contributed by atoms with Gasteiger partial charge in [-0.05, 0) is 48.9 Å². The Morgan fingerprint density at radius 3 is 2.68 bits per heavy atom. The Bertz CT molecular complexity index is 716. The quantitative estimate of drug-likeness (QED) is 0.857. The Labute approximate surface area is 136 Å². The van der Waals surface area contributed by atoms with Crippen LogP contribution >= 0.6 is 15.9 Å². The lowest BCUT2D eigenvalue weighted by Crippen LogP contribution is -2.20. The molecule has 2 aromatic rings. The highest BCUT2D eigenvalue weighted by Gasteiger charge is 2.09. The molecular weight excluding hydrogens is 348 g/mol. The van der Waals surface area contributed by atoms with Crippen molar-refractivity contribution >= 4 is 33.4 Å². The lowest BCUT2D eigenvalue weighted by Gasteiger charge is -2.10. The number of carbonyl (C=O) groups is 2. The second-order valence-electron chi connectivity index (χ2n) is 4.70. The molecule has 0 heterocycles. The third-order valence-corrected chi connectivity index (χ3v) is 3.41. The van der Waals surface area contributed by atoms with Crippen molar-refractivity contribution in [2.24, 2.45) is 5.73 Å². The van der Waals surface area contributed by atoms with Gasteiger partial charge in [0.25, 0.3) is 11.8 Å². The number of hydrogen-bond acceptors (Lipinski definition) is 3. The number of rotatable bonds is 5. The third kappa shape index (κ3) is 4.33. The highest BCUT2D eigenvalue weighted by molar-refractivity contribution is 9.10. The Kier molecular flexibility index (Phi) is 5.16. The van der Waals surface area contributed by atoms with E-state index >= 15 is 0 Å². The number of ether oxygens (including phenoxy) is 1. The molecule has 2 aromatic carbocycles. The van der Waals surface area contributed by atoms with Gasteiger partial charge in [-0.25, -0.2) is 0 Å². The van der Waals surface area contributed by atoms with E-state index in [-0.39, 0.29) is 12.5 Å². The van der Waals surface area contributed by atoms with E-state index < -0.39 is 5.91 Å². The molecule has 0 fully saturated rings. The molecule has 0 bridgehead atoms. The molecule has 0 aliphatic carbocycles. The third-order valence-electron chi connectivity index (χ3n) is 2.91. The largest absolute Gasteiger partial charge is 0.484 e. The van der Waals surface area contributed by atoms with Crippen molar-refractivity contribution in [3.8, 4) is 5.75 Å². The van der Waals surface area contributed by atoms with E-state index in [1.54, 1.807) is 24.3 Å². The number of benzene rings is 2. The Morgan fingerprint density at radius 1 is 1.23 bits per heavy atom. The number of carbonyl (C=O) groups excluding carboxylic acids is 2. The van der Waals surface area contributed by atoms with E-state index in [1.807, 2.05) is 25.1 Å². The molecule has 2 amide bonds. The van der Waals surface area contributed by atoms with Crippen LogP contribution in [0.5, 0.6) is 5.75 Å². The molecule has 0 radical (unpaired) electrons. The van der Waals surface area contributed by atoms with Gasteiger partial charge in [0, 0.05) is 15.7 Å². The van der Waals surface area contributed by atoms with Gasteiger partial charge >= 0.3 is 0 Å². The monoisotopic (exact) mass is 362 g/mol. The predicted octanol–water partition coefficient (Wildman–Crippen LogP) is 2.87. The van der Waals surface area contributed by atoms with E-state index in [0.29, 0.717) is 11.3 Å². The normalized spacial score (nSPS) is 10.1. The van der Waals surface area contributed by atoms with Crippen LogP contribution in [0.3, 0.4) is 0 Å². The van der Waals surface area contributed by atoms with Gasteiger partial charge in [0.05, 0.1) is 0 Å². The smallest absolute Gasteiger partial charge is 0.255 e. The average Bonchev–Trinajstić information content (AvgIpc) is 2.48. The molecule has 0 atom stereocenters. The number of amides is 2. The zero-order valence-corrected chi connectivity index (χ0v) is 13.5. The molecule has 0 unspecified atom stereocenters. The molecule has 3 N–H and O–H groups in total. The number of primary amides is 1. The molecule has 114 valence electrons. The van der Waals surface area contributed by atoms with Crippen molar-refractivity contribution in [3.05, 3.63) is 58.1 Å². The van der Waals surface area contributed by atoms with Crippen molar-refractivity contribution < 1.29 is 14.3 Å². The first kappa shape index (κ1) is 16.0. The van der Waals surface area contributed by atoms with E-state index in [2.05, 4.69) is 21.2 Å². The molecule has 0 saturated heterocycles. The highest BCUT2D eigenvalue weighted by atomic mass is 79.9. The van der Waals surface area contributed by atoms with Crippen LogP contribution in [0.15, 0.2) is 46.9 Å². The van der Waals surface area contributed by atoms with Gasteiger partial charge in [-0.3, -0.25) is 9.59 Å². The average molecular weight is 363 g/mol. The summed E-state index contributed by atoms with van der Waals surface area (Å²) in [4.78, 5) is 23.0. The molecule has 0 aliphatic heterocycles. The number of aryl methyl sites for hydroxylation is 1. The first-order valence-electron chi connectivity index (χ1n) is 6.54. The summed E-state index contributed by atoms with van der Waals surface area (Å²) in [5.41, 5.74) is 7.14. The summed E-state index contributed by atoms with van der Waals surface area (Å²) >= 11 is 3.38. The summed E-state index contributed by atoms with van der Waals surface area (Å²) in [7, 11) is 0. The number of nitrogens with two attached hydrogens (primary N) is 1. The highest BCUT2D eigenvalue weighted by Crippen LogP contribution is 2.21. The maximum atomic E-state index is 12.3. The summed E-state index contributed by atoms with van der Waals surface area (Å²) in [5.74, 6) is -0.408. The lowest BCUT2D eigenvalue weighted by molar-refractivity contribution is -0.119. The number of halogens is 1. The molecule has 0 aliphatic rings. The van der Waals surface area contributed by atoms with Crippen LogP contribution in [0.1, 0.15) is 15.9 Å². The van der Waals surface area contributed by atoms with Crippen molar-refractivity contribution in [2.75, 3.05) is 11.9 Å². The maximum absolute atomic E-state index is 12.3. The summed E-state index contributed by atoms with van der Waals surface area (Å²) in [6.07, 6.45) is 0. The summed E-state index contributed by atoms with van der Waals surface area (Å²) in [6.45, 7) is 1.68. The van der Waals surface area contributed by atoms with Gasteiger partial charge in [0.2, 0.25) is 0 Å². The summed E-state index contributed by atoms with van der Waals surface area (Å²) in [5, 5.41) is 2.84. The minimum Gasteiger partial charge on any atom is -0.484 e. The first-order valence-corrected chi connectivity index (χ1v) is 7.33. The fraction of sp³-hybridized carbons (Fsp3) is 0.125. The van der Waals surface area contributed by atoms with E-state index in [4.69, 9.17) is 10.5 Å². The molecule has 0 spiro atoms. The zero-order valence-electron chi connectivity index (χ0n) is 11.9. The predicted molar refractivity (Wildman–Crippen MR) is 88.0 cm³/mol. The van der Waals surface area contributed by atoms with E-state index in [9.17, 15) is 9.59 Å². The van der Waals surface area contributed by atoms with Gasteiger partial charge in [-0.1, -0.05) is 22.0 Å². The molecule has 0 aromatic heterocycles. The second kappa shape index (κ2) is 7.09. The van der Waals surface area contributed by atoms with Crippen molar-refractivity contribution in [2.45, 2.75) is 6.92 Å². The van der Waals surface area contributed by atoms with Crippen LogP contribution in [0.4, 0.5) is 5.69 Å². The molecule has 5 nitrogen and oxygen atoms in total. The van der Waals surface area contributed by atoms with Gasteiger partial charge in [0.1, 0.15) is 5.75 Å². The lowest BCUT2D eigenvalue weighted by atomic mass is 10.1. The molecule has 0 saturated carbocycles. The van der Waals surface area contributed by atoms with Crippen LogP contribution in [-0.2, 0) is 4.79 Å². The Morgan fingerprint density at radius 2 is 2.00 bits per heavy atom. The van der Waals surface area contributed by atoms with Crippen LogP contribution < -0.4 is 15.8 Å². The fourth-order valence-electron chi connectivity index (χ4n) is 1.84. The van der Waals surface area contributed by atoms with Gasteiger partial charge < -0.3 is 15.8 Å². The standard InChI is InChI=1S/C16H15BrN2O3/c1-10-7-12(17)5-6-14(10)19-16(21)11-3-2-4-13(8-11)22-9-15(18)20/h2-8H,9H2,1H3,(H2,18,20)(H,19,21). The van der Waals surface area contributed by atoms with Crippen LogP contribution in [0.25, 0.3) is 0 Å². The zero-order chi connectivity index (χ0) is 16.1. The summed E-state index contributed by atoms with van der Waals surface area (Å²) in [6, 6.07) is 12.2. The minimum absolute atomic E-state index is 0.225. The number of hydrogen-bond donors (Lipinski definition) is 2. The van der Waals surface area contributed by atoms with Crippen LogP contribution in [0.2, 0.25) is 0 Å². The van der Waals surface area contributed by atoms with Crippen molar-refractivity contribution in [1.29, 1.82) is 0 Å². The van der Waals surface area contributed by atoms with Gasteiger partial charge in [-0.2, -0.15) is 0 Å². The topological polar surface area (TPSA) is 81.4 Å². The fourth-order valence-corrected chi connectivity index (χ4v) is 2.32. The molecule has 2 rings (SSSR count). The van der Waals surface area contributed by atoms with E-state index in [0.717, 1.165) is 15.7 Å². The van der Waals surface area contributed by atoms with Gasteiger partial charge in [0.15, 0.2) is 6.61 Å². The molecule has 22 heavy (non-hydrogen) atoms. The second-order valence-corrected chi connectivity index (χ2v) is 5.61. The van der Waals surface area contributed by atoms with Crippen molar-refractivity contribution in [3.63, 3.8) is 0 Å². The SMILES string of the molecule is Cc1cc(Br)ccc1NC(=O)c1cccc(OCC(N)=O)c1. The molecule has 6 heteroatoms. The Balaban J connectivity index is 2.12. The first-order chi connectivity index (χ1) is 10.5. The minimum atomic E-state index is -0.569. The van der Waals surface area contributed by atoms with Crippen LogP contribution in [-0.4, -0.2) is 18.4 Å². The van der Waals surface area contributed by atoms with E-state index in [1.165, 1.54) is 0 Å². The summed E-state index contributed by atoms with van der Waals surface area (Å²) < 4.78 is 6.14. The van der Waals surface area contributed by atoms with Gasteiger partial charge in [-0.15, -0.1) is 0 Å². The van der Waals surface area contributed by atoms with Crippen LogP contribution in [0, 0.1) is 6.92 Å². The van der Waals surface area contributed by atoms with Crippen molar-refractivity contribution in [1.82, 2.24) is 0 Å². The maximum Gasteiger partial charge on any atom is 0.255 e.